The lowest BCUT2D eigenvalue weighted by molar-refractivity contribution is -0.123. The van der Waals surface area contributed by atoms with E-state index < -0.39 is 0 Å². The fourth-order valence-corrected chi connectivity index (χ4v) is 1.88. The predicted octanol–water partition coefficient (Wildman–Crippen LogP) is 1.13. The molecule has 0 bridgehead atoms. The molecule has 0 aromatic heterocycles. The molecule has 0 saturated carbocycles. The highest BCUT2D eigenvalue weighted by Gasteiger charge is 2.18. The van der Waals surface area contributed by atoms with Gasteiger partial charge in [0.1, 0.15) is 0 Å². The molecule has 0 fully saturated rings. The van der Waals surface area contributed by atoms with Crippen molar-refractivity contribution in [1.29, 1.82) is 0 Å². The summed E-state index contributed by atoms with van der Waals surface area (Å²) in [6, 6.07) is -0.153. The lowest BCUT2D eigenvalue weighted by atomic mass is 9.93. The molecule has 1 amide bonds. The van der Waals surface area contributed by atoms with Gasteiger partial charge in [0.05, 0.1) is 12.6 Å². The maximum absolute atomic E-state index is 11.8. The van der Waals surface area contributed by atoms with Gasteiger partial charge in [-0.3, -0.25) is 4.79 Å². The van der Waals surface area contributed by atoms with E-state index in [-0.39, 0.29) is 30.4 Å². The summed E-state index contributed by atoms with van der Waals surface area (Å²) in [5, 5.41) is 12.0. The van der Waals surface area contributed by atoms with Crippen LogP contribution >= 0.6 is 0 Å². The second kappa shape index (κ2) is 8.48. The number of hydrogen-bond acceptors (Lipinski definition) is 3. The summed E-state index contributed by atoms with van der Waals surface area (Å²) in [4.78, 5) is 11.8. The SMILES string of the molecule is CC(C)C[C@H](CN)CC(=O)NC(CO)C(C)C. The van der Waals surface area contributed by atoms with Crippen LogP contribution in [0.2, 0.25) is 0 Å². The molecule has 0 heterocycles. The van der Waals surface area contributed by atoms with Gasteiger partial charge in [0.2, 0.25) is 5.91 Å². The number of carbonyl (C=O) groups is 1. The number of nitrogens with one attached hydrogen (secondary N) is 1. The topological polar surface area (TPSA) is 75.4 Å². The smallest absolute Gasteiger partial charge is 0.220 e. The van der Waals surface area contributed by atoms with Crippen molar-refractivity contribution in [2.24, 2.45) is 23.5 Å². The Hall–Kier alpha value is -0.610. The molecule has 2 atom stereocenters. The first-order chi connectivity index (χ1) is 7.90. The molecule has 0 radical (unpaired) electrons. The number of amides is 1. The van der Waals surface area contributed by atoms with E-state index in [4.69, 9.17) is 10.8 Å². The number of rotatable bonds is 8. The summed E-state index contributed by atoms with van der Waals surface area (Å²) in [5.74, 6) is 1.02. The maximum Gasteiger partial charge on any atom is 0.220 e. The van der Waals surface area contributed by atoms with E-state index in [1.165, 1.54) is 0 Å². The predicted molar refractivity (Wildman–Crippen MR) is 70.5 cm³/mol. The van der Waals surface area contributed by atoms with Gasteiger partial charge in [-0.2, -0.15) is 0 Å². The first-order valence-electron chi connectivity index (χ1n) is 6.50. The quantitative estimate of drug-likeness (QED) is 0.599. The zero-order valence-electron chi connectivity index (χ0n) is 11.6. The number of aliphatic hydroxyl groups is 1. The van der Waals surface area contributed by atoms with Crippen molar-refractivity contribution in [1.82, 2.24) is 5.32 Å². The molecule has 4 nitrogen and oxygen atoms in total. The van der Waals surface area contributed by atoms with E-state index in [9.17, 15) is 4.79 Å². The Labute approximate surface area is 105 Å². The van der Waals surface area contributed by atoms with Gasteiger partial charge < -0.3 is 16.2 Å². The van der Waals surface area contributed by atoms with Gasteiger partial charge in [0.25, 0.3) is 0 Å². The highest BCUT2D eigenvalue weighted by Crippen LogP contribution is 2.14. The van der Waals surface area contributed by atoms with Crippen LogP contribution in [-0.2, 0) is 4.79 Å². The summed E-state index contributed by atoms with van der Waals surface area (Å²) < 4.78 is 0. The third-order valence-electron chi connectivity index (χ3n) is 2.96. The Morgan fingerprint density at radius 3 is 2.24 bits per heavy atom. The van der Waals surface area contributed by atoms with Crippen molar-refractivity contribution in [3.8, 4) is 0 Å². The van der Waals surface area contributed by atoms with E-state index in [2.05, 4.69) is 19.2 Å². The number of hydrogen-bond donors (Lipinski definition) is 3. The van der Waals surface area contributed by atoms with Crippen molar-refractivity contribution < 1.29 is 9.90 Å². The lowest BCUT2D eigenvalue weighted by Crippen LogP contribution is -2.42. The summed E-state index contributed by atoms with van der Waals surface area (Å²) >= 11 is 0. The summed E-state index contributed by atoms with van der Waals surface area (Å²) in [5.41, 5.74) is 5.66. The van der Waals surface area contributed by atoms with E-state index in [0.29, 0.717) is 18.9 Å². The van der Waals surface area contributed by atoms with Crippen LogP contribution < -0.4 is 11.1 Å². The zero-order valence-corrected chi connectivity index (χ0v) is 11.6. The number of nitrogens with two attached hydrogens (primary N) is 1. The van der Waals surface area contributed by atoms with Crippen LogP contribution in [0, 0.1) is 17.8 Å². The summed E-state index contributed by atoms with van der Waals surface area (Å²) in [7, 11) is 0. The van der Waals surface area contributed by atoms with Gasteiger partial charge in [-0.05, 0) is 30.7 Å². The highest BCUT2D eigenvalue weighted by atomic mass is 16.3. The molecule has 0 spiro atoms. The minimum Gasteiger partial charge on any atom is -0.394 e. The molecule has 0 aromatic carbocycles. The Bertz CT molecular complexity index is 217. The first-order valence-corrected chi connectivity index (χ1v) is 6.50. The Kier molecular flexibility index (Phi) is 8.17. The van der Waals surface area contributed by atoms with Gasteiger partial charge in [-0.15, -0.1) is 0 Å². The maximum atomic E-state index is 11.8. The Morgan fingerprint density at radius 2 is 1.88 bits per heavy atom. The van der Waals surface area contributed by atoms with E-state index in [0.717, 1.165) is 6.42 Å². The molecule has 0 saturated heterocycles. The minimum atomic E-state index is -0.153. The highest BCUT2D eigenvalue weighted by molar-refractivity contribution is 5.76. The zero-order chi connectivity index (χ0) is 13.4. The molecule has 102 valence electrons. The Morgan fingerprint density at radius 1 is 1.29 bits per heavy atom. The van der Waals surface area contributed by atoms with Crippen molar-refractivity contribution >= 4 is 5.91 Å². The van der Waals surface area contributed by atoms with Crippen LogP contribution in [0.1, 0.15) is 40.5 Å². The third-order valence-corrected chi connectivity index (χ3v) is 2.96. The molecule has 0 aliphatic heterocycles. The average Bonchev–Trinajstić information content (AvgIpc) is 2.23. The molecule has 1 unspecified atom stereocenters. The lowest BCUT2D eigenvalue weighted by Gasteiger charge is -2.22. The normalized spacial score (nSPS) is 15.1. The van der Waals surface area contributed by atoms with Crippen LogP contribution in [-0.4, -0.2) is 30.2 Å². The van der Waals surface area contributed by atoms with Crippen LogP contribution in [0.5, 0.6) is 0 Å². The van der Waals surface area contributed by atoms with Crippen molar-refractivity contribution in [2.75, 3.05) is 13.2 Å². The molecule has 0 rings (SSSR count). The van der Waals surface area contributed by atoms with Crippen molar-refractivity contribution in [3.63, 3.8) is 0 Å². The van der Waals surface area contributed by atoms with Crippen molar-refractivity contribution in [3.05, 3.63) is 0 Å². The van der Waals surface area contributed by atoms with Crippen LogP contribution in [0.4, 0.5) is 0 Å². The second-order valence-electron chi connectivity index (χ2n) is 5.54. The molecule has 17 heavy (non-hydrogen) atoms. The standard InChI is InChI=1S/C13H28N2O2/c1-9(2)5-11(7-14)6-13(17)15-12(8-16)10(3)4/h9-12,16H,5-8,14H2,1-4H3,(H,15,17)/t11-,12?/m0/s1. The van der Waals surface area contributed by atoms with Crippen LogP contribution in [0.3, 0.4) is 0 Å². The number of carbonyl (C=O) groups excluding carboxylic acids is 1. The largest absolute Gasteiger partial charge is 0.394 e. The number of aliphatic hydroxyl groups excluding tert-OH is 1. The summed E-state index contributed by atoms with van der Waals surface area (Å²) in [6.45, 7) is 8.75. The van der Waals surface area contributed by atoms with E-state index in [1.54, 1.807) is 0 Å². The average molecular weight is 244 g/mol. The van der Waals surface area contributed by atoms with E-state index >= 15 is 0 Å². The van der Waals surface area contributed by atoms with Gasteiger partial charge >= 0.3 is 0 Å². The molecule has 0 aromatic rings. The molecular weight excluding hydrogens is 216 g/mol. The molecular formula is C13H28N2O2. The van der Waals surface area contributed by atoms with Gasteiger partial charge in [0.15, 0.2) is 0 Å². The first kappa shape index (κ1) is 16.4. The third kappa shape index (κ3) is 7.34. The monoisotopic (exact) mass is 244 g/mol. The van der Waals surface area contributed by atoms with E-state index in [1.807, 2.05) is 13.8 Å². The minimum absolute atomic E-state index is 0.00569. The van der Waals surface area contributed by atoms with Crippen LogP contribution in [0.15, 0.2) is 0 Å². The van der Waals surface area contributed by atoms with Gasteiger partial charge in [0, 0.05) is 6.42 Å². The second-order valence-corrected chi connectivity index (χ2v) is 5.54. The van der Waals surface area contributed by atoms with Crippen molar-refractivity contribution in [2.45, 2.75) is 46.6 Å². The van der Waals surface area contributed by atoms with Gasteiger partial charge in [-0.25, -0.2) is 0 Å². The molecule has 4 heteroatoms. The molecule has 0 aliphatic carbocycles. The van der Waals surface area contributed by atoms with Gasteiger partial charge in [-0.1, -0.05) is 27.7 Å². The fraction of sp³-hybridized carbons (Fsp3) is 0.923. The molecule has 0 aliphatic rings. The summed E-state index contributed by atoms with van der Waals surface area (Å²) in [6.07, 6.45) is 1.42. The molecule has 4 N–H and O–H groups in total. The Balaban J connectivity index is 4.13. The van der Waals surface area contributed by atoms with Crippen LogP contribution in [0.25, 0.3) is 0 Å². The fourth-order valence-electron chi connectivity index (χ4n) is 1.88.